The predicted octanol–water partition coefficient (Wildman–Crippen LogP) is 0.786. The molecule has 0 aromatic carbocycles. The predicted molar refractivity (Wildman–Crippen MR) is 54.8 cm³/mol. The van der Waals surface area contributed by atoms with Gasteiger partial charge in [0, 0.05) is 24.4 Å². The molecule has 2 unspecified atom stereocenters. The van der Waals surface area contributed by atoms with Crippen LogP contribution < -0.4 is 5.32 Å². The van der Waals surface area contributed by atoms with Crippen LogP contribution in [0, 0.1) is 0 Å². The maximum absolute atomic E-state index is 3.75. The van der Waals surface area contributed by atoms with Crippen molar-refractivity contribution in [3.63, 3.8) is 0 Å². The molecule has 2 heterocycles. The van der Waals surface area contributed by atoms with E-state index in [1.807, 2.05) is 0 Å². The van der Waals surface area contributed by atoms with E-state index < -0.39 is 0 Å². The lowest BCUT2D eigenvalue weighted by Crippen LogP contribution is -2.39. The van der Waals surface area contributed by atoms with Crippen LogP contribution in [0.1, 0.15) is 12.8 Å². The number of nitrogens with zero attached hydrogens (tertiary/aromatic N) is 1. The van der Waals surface area contributed by atoms with E-state index in [-0.39, 0.29) is 0 Å². The van der Waals surface area contributed by atoms with Crippen molar-refractivity contribution in [3.8, 4) is 0 Å². The first kappa shape index (κ1) is 8.85. The molecule has 2 nitrogen and oxygen atoms in total. The number of thioether (sulfide) groups is 1. The second kappa shape index (κ2) is 3.99. The van der Waals surface area contributed by atoms with Gasteiger partial charge >= 0.3 is 0 Å². The smallest absolute Gasteiger partial charge is 0.0209 e. The van der Waals surface area contributed by atoms with Crippen LogP contribution >= 0.6 is 11.8 Å². The van der Waals surface area contributed by atoms with Gasteiger partial charge in [0.1, 0.15) is 0 Å². The molecular weight excluding hydrogens is 168 g/mol. The third kappa shape index (κ3) is 2.15. The summed E-state index contributed by atoms with van der Waals surface area (Å²) in [6, 6.07) is 1.59. The maximum atomic E-state index is 3.75. The van der Waals surface area contributed by atoms with Crippen molar-refractivity contribution in [3.05, 3.63) is 0 Å². The molecule has 0 aliphatic carbocycles. The summed E-state index contributed by atoms with van der Waals surface area (Å²) in [4.78, 5) is 2.42. The molecule has 70 valence electrons. The van der Waals surface area contributed by atoms with Gasteiger partial charge < -0.3 is 10.2 Å². The van der Waals surface area contributed by atoms with Crippen molar-refractivity contribution < 1.29 is 0 Å². The molecule has 12 heavy (non-hydrogen) atoms. The van der Waals surface area contributed by atoms with E-state index in [4.69, 9.17) is 0 Å². The lowest BCUT2D eigenvalue weighted by molar-refractivity contribution is 0.386. The van der Waals surface area contributed by atoms with E-state index in [1.165, 1.54) is 37.4 Å². The Morgan fingerprint density at radius 2 is 2.25 bits per heavy atom. The van der Waals surface area contributed by atoms with Crippen LogP contribution in [0.25, 0.3) is 0 Å². The van der Waals surface area contributed by atoms with Crippen LogP contribution in [0.2, 0.25) is 0 Å². The zero-order valence-electron chi connectivity index (χ0n) is 7.75. The monoisotopic (exact) mass is 186 g/mol. The molecular formula is C9H18N2S. The summed E-state index contributed by atoms with van der Waals surface area (Å²) in [6.07, 6.45) is 2.72. The van der Waals surface area contributed by atoms with Crippen LogP contribution in [0.3, 0.4) is 0 Å². The van der Waals surface area contributed by atoms with Gasteiger partial charge in [0.15, 0.2) is 0 Å². The Balaban J connectivity index is 1.72. The summed E-state index contributed by atoms with van der Waals surface area (Å²) in [5.74, 6) is 2.69. The van der Waals surface area contributed by atoms with E-state index in [9.17, 15) is 0 Å². The van der Waals surface area contributed by atoms with Crippen molar-refractivity contribution in [1.29, 1.82) is 0 Å². The van der Waals surface area contributed by atoms with Crippen LogP contribution in [-0.2, 0) is 0 Å². The molecule has 0 bridgehead atoms. The summed E-state index contributed by atoms with van der Waals surface area (Å²) >= 11 is 2.09. The molecule has 2 aliphatic rings. The first-order valence-electron chi connectivity index (χ1n) is 4.87. The van der Waals surface area contributed by atoms with E-state index >= 15 is 0 Å². The molecule has 0 aromatic heterocycles. The molecule has 0 saturated carbocycles. The van der Waals surface area contributed by atoms with Gasteiger partial charge in [0.25, 0.3) is 0 Å². The highest BCUT2D eigenvalue weighted by molar-refractivity contribution is 7.99. The molecule has 2 atom stereocenters. The molecule has 0 spiro atoms. The lowest BCUT2D eigenvalue weighted by atomic mass is 10.2. The summed E-state index contributed by atoms with van der Waals surface area (Å²) in [6.45, 7) is 2.53. The normalized spacial score (nSPS) is 37.8. The first-order chi connectivity index (χ1) is 5.84. The first-order valence-corrected chi connectivity index (χ1v) is 6.02. The molecule has 0 amide bonds. The van der Waals surface area contributed by atoms with Crippen LogP contribution in [0.15, 0.2) is 0 Å². The minimum atomic E-state index is 0.777. The van der Waals surface area contributed by atoms with Gasteiger partial charge in [-0.25, -0.2) is 0 Å². The van der Waals surface area contributed by atoms with Gasteiger partial charge in [-0.2, -0.15) is 11.8 Å². The van der Waals surface area contributed by atoms with Gasteiger partial charge in [-0.3, -0.25) is 0 Å². The molecule has 1 N–H and O–H groups in total. The van der Waals surface area contributed by atoms with Gasteiger partial charge in [0.2, 0.25) is 0 Å². The largest absolute Gasteiger partial charge is 0.309 e. The highest BCUT2D eigenvalue weighted by Crippen LogP contribution is 2.19. The van der Waals surface area contributed by atoms with Crippen molar-refractivity contribution in [2.75, 3.05) is 31.6 Å². The Kier molecular flexibility index (Phi) is 2.94. The summed E-state index contributed by atoms with van der Waals surface area (Å²) in [5.41, 5.74) is 0. The van der Waals surface area contributed by atoms with Crippen molar-refractivity contribution >= 4 is 11.8 Å². The topological polar surface area (TPSA) is 15.3 Å². The highest BCUT2D eigenvalue weighted by atomic mass is 32.2. The molecule has 2 fully saturated rings. The minimum absolute atomic E-state index is 0.777. The third-order valence-electron chi connectivity index (χ3n) is 2.79. The molecule has 2 saturated heterocycles. The maximum Gasteiger partial charge on any atom is 0.0209 e. The van der Waals surface area contributed by atoms with Crippen LogP contribution in [0.5, 0.6) is 0 Å². The fourth-order valence-electron chi connectivity index (χ4n) is 2.07. The van der Waals surface area contributed by atoms with Crippen molar-refractivity contribution in [1.82, 2.24) is 10.2 Å². The number of likely N-dealkylation sites (N-methyl/N-ethyl adjacent to an activating group) is 1. The number of hydrogen-bond donors (Lipinski definition) is 1. The van der Waals surface area contributed by atoms with Crippen molar-refractivity contribution in [2.45, 2.75) is 24.9 Å². The lowest BCUT2D eigenvalue weighted by Gasteiger charge is -2.17. The van der Waals surface area contributed by atoms with Gasteiger partial charge in [-0.1, -0.05) is 0 Å². The summed E-state index contributed by atoms with van der Waals surface area (Å²) < 4.78 is 0. The van der Waals surface area contributed by atoms with Gasteiger partial charge in [0.05, 0.1) is 0 Å². The molecule has 0 radical (unpaired) electrons. The average Bonchev–Trinajstić information content (AvgIpc) is 2.63. The fraction of sp³-hybridized carbons (Fsp3) is 1.00. The van der Waals surface area contributed by atoms with Crippen LogP contribution in [0.4, 0.5) is 0 Å². The van der Waals surface area contributed by atoms with E-state index in [2.05, 4.69) is 29.0 Å². The Bertz CT molecular complexity index is 145. The van der Waals surface area contributed by atoms with Crippen molar-refractivity contribution in [2.24, 2.45) is 0 Å². The highest BCUT2D eigenvalue weighted by Gasteiger charge is 2.23. The number of rotatable bonds is 2. The quantitative estimate of drug-likeness (QED) is 0.686. The Morgan fingerprint density at radius 1 is 1.33 bits per heavy atom. The Labute approximate surface area is 79.1 Å². The molecule has 3 heteroatoms. The van der Waals surface area contributed by atoms with Crippen LogP contribution in [-0.4, -0.2) is 48.6 Å². The Hall–Kier alpha value is 0.270. The Morgan fingerprint density at radius 3 is 2.83 bits per heavy atom. The van der Waals surface area contributed by atoms with Gasteiger partial charge in [-0.15, -0.1) is 0 Å². The zero-order valence-corrected chi connectivity index (χ0v) is 8.57. The minimum Gasteiger partial charge on any atom is -0.309 e. The second-order valence-electron chi connectivity index (χ2n) is 3.98. The zero-order chi connectivity index (χ0) is 8.39. The fourth-order valence-corrected chi connectivity index (χ4v) is 3.24. The third-order valence-corrected chi connectivity index (χ3v) is 3.95. The molecule has 2 rings (SSSR count). The average molecular weight is 186 g/mol. The SMILES string of the molecule is CN1CCC(NC2CCSC2)C1. The van der Waals surface area contributed by atoms with Gasteiger partial charge in [-0.05, 0) is 32.2 Å². The summed E-state index contributed by atoms with van der Waals surface area (Å²) in [5, 5.41) is 3.75. The molecule has 2 aliphatic heterocycles. The number of likely N-dealkylation sites (tertiary alicyclic amines) is 1. The van der Waals surface area contributed by atoms with E-state index in [0.717, 1.165) is 12.1 Å². The summed E-state index contributed by atoms with van der Waals surface area (Å²) in [7, 11) is 2.21. The number of nitrogens with one attached hydrogen (secondary N) is 1. The standard InChI is InChI=1S/C9H18N2S/c1-11-4-2-8(6-11)10-9-3-5-12-7-9/h8-10H,2-7H2,1H3. The van der Waals surface area contributed by atoms with E-state index in [1.54, 1.807) is 0 Å². The van der Waals surface area contributed by atoms with E-state index in [0.29, 0.717) is 0 Å². The molecule has 0 aromatic rings. The second-order valence-corrected chi connectivity index (χ2v) is 5.12. The number of hydrogen-bond acceptors (Lipinski definition) is 3.